The Kier molecular flexibility index (Phi) is 22.0. The van der Waals surface area contributed by atoms with Gasteiger partial charge in [-0.2, -0.15) is 5.10 Å². The van der Waals surface area contributed by atoms with Gasteiger partial charge in [-0.25, -0.2) is 9.48 Å². The number of carboxylic acids is 4. The number of ether oxygens (including phenoxy) is 2. The van der Waals surface area contributed by atoms with Crippen molar-refractivity contribution < 1.29 is 63.5 Å². The lowest BCUT2D eigenvalue weighted by Crippen LogP contribution is -2.70. The SMILES string of the molecule is COc1cccc(OC)c1-c1cc(C(=O)NC2(C(=O)O)C3CC4CC(C3)CC2C4)nn1-c1ccc(C(=O)N(CCCNC(=O)CNCCN(CCN(CCNCC(=O)O)CC(=O)O)CC(=O)O)CCCN(C)C)cc1C(C)C. The Balaban J connectivity index is 1.14. The van der Waals surface area contributed by atoms with Gasteiger partial charge in [0.05, 0.1) is 57.3 Å². The number of methoxy groups -OCH3 is 2. The summed E-state index contributed by atoms with van der Waals surface area (Å²) >= 11 is 0. The maximum absolute atomic E-state index is 14.6. The Hall–Kier alpha value is -6.66. The van der Waals surface area contributed by atoms with Gasteiger partial charge in [0.15, 0.2) is 5.69 Å². The molecule has 8 N–H and O–H groups in total. The molecular formula is C55H80N10O13. The Bertz CT molecular complexity index is 2540. The molecule has 23 heteroatoms. The number of benzene rings is 2. The Morgan fingerprint density at radius 3 is 1.81 bits per heavy atom. The topological polar surface area (TPSA) is 298 Å². The number of aliphatic carboxylic acids is 4. The monoisotopic (exact) mass is 1090 g/mol. The summed E-state index contributed by atoms with van der Waals surface area (Å²) in [7, 11) is 7.00. The van der Waals surface area contributed by atoms with Crippen molar-refractivity contribution in [3.63, 3.8) is 0 Å². The first kappa shape index (κ1) is 60.6. The predicted octanol–water partition coefficient (Wildman–Crippen LogP) is 2.63. The fourth-order valence-electron chi connectivity index (χ4n) is 11.8. The number of nitrogens with one attached hydrogen (secondary N) is 4. The number of rotatable bonds is 34. The summed E-state index contributed by atoms with van der Waals surface area (Å²) in [5.74, 6) is -3.87. The van der Waals surface area contributed by atoms with Gasteiger partial charge in [0.25, 0.3) is 11.8 Å². The first-order valence-electron chi connectivity index (χ1n) is 27.0. The van der Waals surface area contributed by atoms with Crippen LogP contribution in [0, 0.1) is 23.7 Å². The Labute approximate surface area is 456 Å². The quantitative estimate of drug-likeness (QED) is 0.0399. The second-order valence-electron chi connectivity index (χ2n) is 21.5. The van der Waals surface area contributed by atoms with Crippen LogP contribution in [-0.2, 0) is 24.0 Å². The van der Waals surface area contributed by atoms with E-state index in [0.717, 1.165) is 44.2 Å². The van der Waals surface area contributed by atoms with Crippen LogP contribution in [0.5, 0.6) is 11.5 Å². The molecule has 1 aromatic heterocycles. The third-order valence-electron chi connectivity index (χ3n) is 15.3. The van der Waals surface area contributed by atoms with Crippen molar-refractivity contribution in [2.24, 2.45) is 23.7 Å². The van der Waals surface area contributed by atoms with Gasteiger partial charge in [0.2, 0.25) is 5.91 Å². The molecule has 0 radical (unpaired) electrons. The zero-order valence-electron chi connectivity index (χ0n) is 45.9. The van der Waals surface area contributed by atoms with Crippen molar-refractivity contribution in [1.82, 2.24) is 50.6 Å². The summed E-state index contributed by atoms with van der Waals surface area (Å²) in [5.41, 5.74) is 1.41. The lowest BCUT2D eigenvalue weighted by molar-refractivity contribution is -0.163. The van der Waals surface area contributed by atoms with Crippen molar-refractivity contribution in [2.75, 3.05) is 120 Å². The molecule has 3 amide bonds. The van der Waals surface area contributed by atoms with Crippen LogP contribution in [-0.4, -0.2) is 217 Å². The van der Waals surface area contributed by atoms with E-state index < -0.39 is 35.3 Å². The average molecular weight is 1090 g/mol. The normalized spacial score (nSPS) is 19.4. The molecular weight excluding hydrogens is 1010 g/mol. The zero-order valence-corrected chi connectivity index (χ0v) is 45.9. The molecule has 3 aromatic rings. The van der Waals surface area contributed by atoms with Gasteiger partial charge < -0.3 is 61.0 Å². The lowest BCUT2D eigenvalue weighted by Gasteiger charge is -2.59. The van der Waals surface area contributed by atoms with E-state index in [1.807, 2.05) is 45.0 Å². The first-order valence-corrected chi connectivity index (χ1v) is 27.0. The van der Waals surface area contributed by atoms with Crippen LogP contribution >= 0.6 is 0 Å². The fourth-order valence-corrected chi connectivity index (χ4v) is 11.8. The van der Waals surface area contributed by atoms with Crippen molar-refractivity contribution in [3.8, 4) is 28.4 Å². The van der Waals surface area contributed by atoms with Gasteiger partial charge in [-0.1, -0.05) is 19.9 Å². The molecule has 0 saturated heterocycles. The Morgan fingerprint density at radius 1 is 0.705 bits per heavy atom. The second kappa shape index (κ2) is 28.3. The van der Waals surface area contributed by atoms with Crippen LogP contribution in [0.3, 0.4) is 0 Å². The zero-order chi connectivity index (χ0) is 56.7. The molecule has 0 unspecified atom stereocenters. The molecule has 4 bridgehead atoms. The van der Waals surface area contributed by atoms with Gasteiger partial charge in [-0.05, 0) is 137 Å². The summed E-state index contributed by atoms with van der Waals surface area (Å²) in [6, 6.07) is 12.4. The van der Waals surface area contributed by atoms with Crippen LogP contribution in [0.25, 0.3) is 16.9 Å². The number of carbonyl (C=O) groups excluding carboxylic acids is 3. The molecule has 1 heterocycles. The maximum Gasteiger partial charge on any atom is 0.330 e. The number of aromatic nitrogens is 2. The minimum absolute atomic E-state index is 0.0244. The lowest BCUT2D eigenvalue weighted by atomic mass is 9.48. The minimum Gasteiger partial charge on any atom is -0.496 e. The average Bonchev–Trinajstić information content (AvgIpc) is 4.00. The summed E-state index contributed by atoms with van der Waals surface area (Å²) in [6.45, 7) is 6.35. The molecule has 0 spiro atoms. The number of hydrogen-bond donors (Lipinski definition) is 8. The molecule has 4 aliphatic rings. The predicted molar refractivity (Wildman–Crippen MR) is 289 cm³/mol. The van der Waals surface area contributed by atoms with Crippen molar-refractivity contribution in [2.45, 2.75) is 70.3 Å². The number of amides is 3. The molecule has 0 atom stereocenters. The molecule has 0 aliphatic heterocycles. The minimum atomic E-state index is -1.40. The van der Waals surface area contributed by atoms with Crippen molar-refractivity contribution in [1.29, 1.82) is 0 Å². The molecule has 4 saturated carbocycles. The van der Waals surface area contributed by atoms with E-state index in [4.69, 9.17) is 19.7 Å². The molecule has 4 fully saturated rings. The van der Waals surface area contributed by atoms with Gasteiger partial charge in [0.1, 0.15) is 17.0 Å². The third-order valence-corrected chi connectivity index (χ3v) is 15.3. The highest BCUT2D eigenvalue weighted by atomic mass is 16.5. The van der Waals surface area contributed by atoms with Crippen LogP contribution in [0.4, 0.5) is 0 Å². The highest BCUT2D eigenvalue weighted by molar-refractivity contribution is 5.98. The fraction of sp³-hybridized carbons (Fsp3) is 0.600. The summed E-state index contributed by atoms with van der Waals surface area (Å²) in [5, 5.41) is 55.2. The van der Waals surface area contributed by atoms with E-state index >= 15 is 0 Å². The number of carbonyl (C=O) groups is 7. The van der Waals surface area contributed by atoms with Crippen molar-refractivity contribution >= 4 is 41.6 Å². The molecule has 2 aromatic carbocycles. The van der Waals surface area contributed by atoms with Crippen LogP contribution in [0.15, 0.2) is 42.5 Å². The highest BCUT2D eigenvalue weighted by Gasteiger charge is 2.62. The van der Waals surface area contributed by atoms with Gasteiger partial charge in [-0.3, -0.25) is 38.6 Å². The first-order chi connectivity index (χ1) is 37.2. The van der Waals surface area contributed by atoms with Gasteiger partial charge in [-0.15, -0.1) is 0 Å². The summed E-state index contributed by atoms with van der Waals surface area (Å²) in [4.78, 5) is 96.3. The molecule has 4 aliphatic carbocycles. The van der Waals surface area contributed by atoms with Crippen LogP contribution in [0.1, 0.15) is 91.1 Å². The summed E-state index contributed by atoms with van der Waals surface area (Å²) < 4.78 is 13.3. The maximum atomic E-state index is 14.6. The Morgan fingerprint density at radius 2 is 1.28 bits per heavy atom. The van der Waals surface area contributed by atoms with Gasteiger partial charge in [0, 0.05) is 64.5 Å². The van der Waals surface area contributed by atoms with E-state index in [2.05, 4.69) is 21.3 Å². The summed E-state index contributed by atoms with van der Waals surface area (Å²) in [6.07, 6.45) is 5.35. The molecule has 78 heavy (non-hydrogen) atoms. The van der Waals surface area contributed by atoms with Crippen LogP contribution < -0.4 is 30.7 Å². The van der Waals surface area contributed by atoms with Crippen molar-refractivity contribution in [3.05, 3.63) is 59.3 Å². The smallest absolute Gasteiger partial charge is 0.330 e. The standard InChI is InChI=1S/C55H80N10O13/c1-35(2)41-29-38(53(74)64(19-9-17-61(3)4)18-8-14-58-47(66)31-56-15-20-62(33-49(69)70)22-23-63(34-50(71)72)21-16-57-32-48(67)68)12-13-43(41)65-44(51-45(77-5)10-7-11-46(51)78-6)30-42(60-65)52(73)59-55(54(75)76)39-25-36-24-37(27-39)28-40(55)26-36/h7,10-13,29-30,35-37,39-40,56-57H,8-9,14-28,31-34H2,1-6H3,(H,58,66)(H,59,73)(H,67,68)(H,69,70)(H,71,72)(H,75,76). The second-order valence-corrected chi connectivity index (χ2v) is 21.5. The van der Waals surface area contributed by atoms with E-state index in [9.17, 15) is 48.9 Å². The number of nitrogens with zero attached hydrogens (tertiary/aromatic N) is 6. The van der Waals surface area contributed by atoms with E-state index in [1.165, 1.54) is 14.2 Å². The third kappa shape index (κ3) is 15.8. The van der Waals surface area contributed by atoms with E-state index in [-0.39, 0.29) is 107 Å². The van der Waals surface area contributed by atoms with Gasteiger partial charge >= 0.3 is 23.9 Å². The highest BCUT2D eigenvalue weighted by Crippen LogP contribution is 2.58. The molecule has 428 valence electrons. The molecule has 7 rings (SSSR count). The largest absolute Gasteiger partial charge is 0.496 e. The van der Waals surface area contributed by atoms with E-state index in [0.29, 0.717) is 71.8 Å². The van der Waals surface area contributed by atoms with Crippen LogP contribution in [0.2, 0.25) is 0 Å². The number of hydrogen-bond acceptors (Lipinski definition) is 15. The molecule has 23 nitrogen and oxygen atoms in total. The van der Waals surface area contributed by atoms with E-state index in [1.54, 1.807) is 49.7 Å². The number of carboxylic acid groups (broad SMARTS) is 4.